The molecule has 3 N–H and O–H groups in total. The van der Waals surface area contributed by atoms with Gasteiger partial charge >= 0.3 is 6.18 Å². The Morgan fingerprint density at radius 1 is 1.20 bits per heavy atom. The number of ketones is 1. The first-order valence-corrected chi connectivity index (χ1v) is 16.2. The Balaban J connectivity index is 1.72. The van der Waals surface area contributed by atoms with Gasteiger partial charge in [0.05, 0.1) is 40.3 Å². The lowest BCUT2D eigenvalue weighted by atomic mass is 9.95. The molecule has 1 fully saturated rings. The Morgan fingerprint density at radius 3 is 2.59 bits per heavy atom. The number of hydrogen-bond donors (Lipinski definition) is 3. The fraction of sp³-hybridized carbons (Fsp3) is 0.406. The van der Waals surface area contributed by atoms with E-state index in [1.54, 1.807) is 20.1 Å². The van der Waals surface area contributed by atoms with Crippen LogP contribution in [0, 0.1) is 22.7 Å². The van der Waals surface area contributed by atoms with Gasteiger partial charge in [-0.1, -0.05) is 19.4 Å². The molecule has 0 aromatic heterocycles. The summed E-state index contributed by atoms with van der Waals surface area (Å²) in [4.78, 5) is 29.5. The number of nitrogens with one attached hydrogen (secondary N) is 3. The number of nitrogens with zero attached hydrogens (tertiary/aromatic N) is 2. The molecule has 14 heteroatoms. The van der Waals surface area contributed by atoms with Crippen LogP contribution in [-0.4, -0.2) is 44.8 Å². The molecule has 0 saturated heterocycles. The monoisotopic (exact) mass is 659 g/mol. The van der Waals surface area contributed by atoms with Crippen molar-refractivity contribution in [3.8, 4) is 11.8 Å². The van der Waals surface area contributed by atoms with E-state index in [1.165, 1.54) is 36.4 Å². The van der Waals surface area contributed by atoms with Crippen molar-refractivity contribution in [3.05, 3.63) is 70.4 Å². The lowest BCUT2D eigenvalue weighted by Crippen LogP contribution is -2.39. The van der Waals surface area contributed by atoms with Crippen LogP contribution in [0.4, 0.5) is 13.2 Å². The summed E-state index contributed by atoms with van der Waals surface area (Å²) in [5, 5.41) is 19.8. The molecule has 0 bridgehead atoms. The zero-order valence-electron chi connectivity index (χ0n) is 25.7. The first-order valence-electron chi connectivity index (χ1n) is 14.7. The van der Waals surface area contributed by atoms with E-state index in [1.807, 2.05) is 6.92 Å². The number of hydrogen-bond acceptors (Lipinski definition) is 8. The fourth-order valence-electron chi connectivity index (χ4n) is 4.96. The third-order valence-electron chi connectivity index (χ3n) is 7.27. The van der Waals surface area contributed by atoms with Crippen molar-refractivity contribution in [2.24, 2.45) is 10.9 Å². The van der Waals surface area contributed by atoms with Gasteiger partial charge in [0.2, 0.25) is 10.0 Å². The van der Waals surface area contributed by atoms with Crippen molar-refractivity contribution in [2.75, 3.05) is 6.61 Å². The third-order valence-corrected chi connectivity index (χ3v) is 8.74. The first kappa shape index (κ1) is 36.1. The van der Waals surface area contributed by atoms with Crippen molar-refractivity contribution in [3.63, 3.8) is 0 Å². The highest BCUT2D eigenvalue weighted by Gasteiger charge is 2.37. The summed E-state index contributed by atoms with van der Waals surface area (Å²) in [6.45, 7) is 5.54. The van der Waals surface area contributed by atoms with E-state index < -0.39 is 51.0 Å². The predicted molar refractivity (Wildman–Crippen MR) is 166 cm³/mol. The van der Waals surface area contributed by atoms with Crippen molar-refractivity contribution in [1.29, 1.82) is 10.7 Å². The number of aliphatic imine (C=N–C) groups is 1. The number of allylic oxidation sites excluding steroid dienone is 1. The third kappa shape index (κ3) is 9.58. The number of benzene rings is 2. The Labute approximate surface area is 266 Å². The van der Waals surface area contributed by atoms with E-state index in [4.69, 9.17) is 15.4 Å². The maximum Gasteiger partial charge on any atom is 0.417 e. The Morgan fingerprint density at radius 2 is 1.93 bits per heavy atom. The number of alkyl halides is 3. The zero-order chi connectivity index (χ0) is 34.1. The topological polar surface area (TPSA) is 162 Å². The number of amidine groups is 1. The first-order chi connectivity index (χ1) is 21.7. The summed E-state index contributed by atoms with van der Waals surface area (Å²) in [7, 11) is -4.27. The fourth-order valence-corrected chi connectivity index (χ4v) is 6.22. The largest absolute Gasteiger partial charge is 0.493 e. The lowest BCUT2D eigenvalue weighted by molar-refractivity contribution is -0.137. The Hall–Kier alpha value is -4.35. The average Bonchev–Trinajstić information content (AvgIpc) is 3.33. The molecule has 0 spiro atoms. The van der Waals surface area contributed by atoms with E-state index in [2.05, 4.69) is 15.0 Å². The molecule has 1 amide bonds. The molecule has 3 rings (SSSR count). The molecule has 246 valence electrons. The second-order valence-electron chi connectivity index (χ2n) is 10.7. The zero-order valence-corrected chi connectivity index (χ0v) is 26.5. The van der Waals surface area contributed by atoms with Crippen molar-refractivity contribution < 1.29 is 35.9 Å². The molecular formula is C32H36F3N5O5S. The number of carbonyl (C=O) groups excluding carboxylic acids is 2. The van der Waals surface area contributed by atoms with Gasteiger partial charge in [-0.15, -0.1) is 0 Å². The van der Waals surface area contributed by atoms with E-state index in [0.29, 0.717) is 17.7 Å². The van der Waals surface area contributed by atoms with Gasteiger partial charge in [-0.25, -0.2) is 13.1 Å². The molecule has 1 saturated carbocycles. The summed E-state index contributed by atoms with van der Waals surface area (Å²) in [6.07, 6.45) is 0.724. The van der Waals surface area contributed by atoms with Crippen molar-refractivity contribution in [1.82, 2.24) is 10.0 Å². The molecule has 2 unspecified atom stereocenters. The minimum Gasteiger partial charge on any atom is -0.493 e. The average molecular weight is 660 g/mol. The summed E-state index contributed by atoms with van der Waals surface area (Å²) < 4.78 is 74.6. The summed E-state index contributed by atoms with van der Waals surface area (Å²) in [6, 6.07) is 7.70. The number of amides is 1. The Kier molecular flexibility index (Phi) is 12.4. The van der Waals surface area contributed by atoms with Crippen LogP contribution in [0.3, 0.4) is 0 Å². The van der Waals surface area contributed by atoms with Crippen LogP contribution in [0.1, 0.15) is 75.1 Å². The molecule has 10 nitrogen and oxygen atoms in total. The van der Waals surface area contributed by atoms with Crippen LogP contribution in [-0.2, 0) is 32.2 Å². The van der Waals surface area contributed by atoms with E-state index in [-0.39, 0.29) is 47.9 Å². The van der Waals surface area contributed by atoms with Gasteiger partial charge in [0.15, 0.2) is 5.78 Å². The number of carbonyl (C=O) groups is 2. The van der Waals surface area contributed by atoms with Gasteiger partial charge in [0, 0.05) is 23.9 Å². The number of ether oxygens (including phenoxy) is 1. The van der Waals surface area contributed by atoms with Gasteiger partial charge in [0.25, 0.3) is 5.91 Å². The van der Waals surface area contributed by atoms with Crippen molar-refractivity contribution in [2.45, 2.75) is 76.4 Å². The minimum absolute atomic E-state index is 0.00915. The quantitative estimate of drug-likeness (QED) is 0.147. The molecule has 2 aromatic rings. The number of sulfonamides is 1. The second kappa shape index (κ2) is 15.8. The molecular weight excluding hydrogens is 623 g/mol. The van der Waals surface area contributed by atoms with Crippen LogP contribution in [0.5, 0.6) is 5.75 Å². The number of Topliss-reactive ketones (excluding diaryl/α,β-unsaturated/α-hetero) is 1. The molecule has 2 aromatic carbocycles. The lowest BCUT2D eigenvalue weighted by Gasteiger charge is -2.16. The SMILES string of the molecule is CCCC=N/C(C)=C/C(=O)NC(=N)c1cc(S(=O)(=O)NC2CCC(CCc3ccc(C#N)c(C(F)(F)F)c3)C2=O)ccc1OCC. The molecule has 0 heterocycles. The summed E-state index contributed by atoms with van der Waals surface area (Å²) in [5.74, 6) is -1.81. The standard InChI is InChI=1S/C32H36F3N5O5S/c1-4-6-15-38-20(3)16-29(41)39-31(37)25-18-24(12-14-28(25)45-5-2)46(43,44)40-27-13-11-22(30(27)42)9-7-21-8-10-23(19-36)26(17-21)32(33,34)35/h8,10,12,14-18,22,27,40H,4-7,9,11,13H2,1-3H3,(H2,37,39,41)/b20-16+,38-15?. The number of aryl methyl sites for hydroxylation is 1. The van der Waals surface area contributed by atoms with E-state index in [9.17, 15) is 31.2 Å². The maximum absolute atomic E-state index is 13.3. The van der Waals surface area contributed by atoms with Gasteiger partial charge in [-0.3, -0.25) is 20.0 Å². The van der Waals surface area contributed by atoms with Crippen molar-refractivity contribution >= 4 is 33.8 Å². The second-order valence-corrected chi connectivity index (χ2v) is 12.4. The molecule has 0 radical (unpaired) electrons. The van der Waals surface area contributed by atoms with Gasteiger partial charge < -0.3 is 10.1 Å². The molecule has 2 atom stereocenters. The van der Waals surface area contributed by atoms with Gasteiger partial charge in [-0.05, 0) is 81.8 Å². The van der Waals surface area contributed by atoms with Crippen LogP contribution in [0.25, 0.3) is 0 Å². The highest BCUT2D eigenvalue weighted by Crippen LogP contribution is 2.34. The smallest absolute Gasteiger partial charge is 0.417 e. The number of halogens is 3. The predicted octanol–water partition coefficient (Wildman–Crippen LogP) is 5.45. The number of rotatable bonds is 13. The normalized spacial score (nSPS) is 17.2. The van der Waals surface area contributed by atoms with Gasteiger partial charge in [0.1, 0.15) is 11.6 Å². The van der Waals surface area contributed by atoms with Gasteiger partial charge in [-0.2, -0.15) is 18.4 Å². The van der Waals surface area contributed by atoms with Crippen LogP contribution >= 0.6 is 0 Å². The highest BCUT2D eigenvalue weighted by molar-refractivity contribution is 7.89. The van der Waals surface area contributed by atoms with Crippen LogP contribution in [0.2, 0.25) is 0 Å². The molecule has 0 aliphatic heterocycles. The molecule has 1 aliphatic rings. The Bertz CT molecular complexity index is 1680. The van der Waals surface area contributed by atoms with Crippen LogP contribution < -0.4 is 14.8 Å². The molecule has 1 aliphatic carbocycles. The number of nitriles is 1. The van der Waals surface area contributed by atoms with Crippen LogP contribution in [0.15, 0.2) is 58.1 Å². The highest BCUT2D eigenvalue weighted by atomic mass is 32.2. The number of unbranched alkanes of at least 4 members (excludes halogenated alkanes) is 1. The summed E-state index contributed by atoms with van der Waals surface area (Å²) >= 11 is 0. The molecule has 46 heavy (non-hydrogen) atoms. The minimum atomic E-state index is -4.70. The maximum atomic E-state index is 13.3. The summed E-state index contributed by atoms with van der Waals surface area (Å²) in [5.41, 5.74) is -0.783. The van der Waals surface area contributed by atoms with E-state index >= 15 is 0 Å². The van der Waals surface area contributed by atoms with E-state index in [0.717, 1.165) is 25.0 Å².